The second kappa shape index (κ2) is 8.01. The molecule has 0 aromatic carbocycles. The number of nitrogens with zero attached hydrogens (tertiary/aromatic N) is 4. The van der Waals surface area contributed by atoms with Gasteiger partial charge in [0.1, 0.15) is 0 Å². The van der Waals surface area contributed by atoms with Crippen molar-refractivity contribution in [1.82, 2.24) is 10.9 Å². The lowest BCUT2D eigenvalue weighted by Gasteiger charge is -2.27. The minimum absolute atomic E-state index is 0.745. The largest absolute Gasteiger partial charge is 0.292 e. The summed E-state index contributed by atoms with van der Waals surface area (Å²) >= 11 is 0. The monoisotopic (exact) mass is 226 g/mol. The standard InChI is InChI=1S/C10H22N6/c1-11-15-13-7-9-3-5-10(6-4-9)8-14-16-12-2/h9-10H,3-8H2,1-2H3,(H,11,13)(H,12,14). The number of nitrogens with one attached hydrogen (secondary N) is 2. The summed E-state index contributed by atoms with van der Waals surface area (Å²) in [7, 11) is 3.36. The van der Waals surface area contributed by atoms with Crippen LogP contribution in [0.2, 0.25) is 0 Å². The van der Waals surface area contributed by atoms with Crippen molar-refractivity contribution in [1.29, 1.82) is 0 Å². The average Bonchev–Trinajstić information content (AvgIpc) is 2.32. The zero-order chi connectivity index (χ0) is 11.6. The van der Waals surface area contributed by atoms with Gasteiger partial charge in [0.05, 0.1) is 14.1 Å². The van der Waals surface area contributed by atoms with E-state index < -0.39 is 0 Å². The molecular weight excluding hydrogens is 204 g/mol. The van der Waals surface area contributed by atoms with Gasteiger partial charge in [0.25, 0.3) is 0 Å². The highest BCUT2D eigenvalue weighted by molar-refractivity contribution is 4.74. The molecule has 6 nitrogen and oxygen atoms in total. The normalized spacial score (nSPS) is 26.4. The number of rotatable bonds is 6. The minimum Gasteiger partial charge on any atom is -0.292 e. The molecule has 0 amide bonds. The molecule has 1 aliphatic carbocycles. The maximum absolute atomic E-state index is 3.78. The smallest absolute Gasteiger partial charge is 0.0509 e. The number of hydrogen-bond donors (Lipinski definition) is 2. The molecule has 0 aliphatic heterocycles. The Morgan fingerprint density at radius 3 is 1.50 bits per heavy atom. The molecule has 92 valence electrons. The van der Waals surface area contributed by atoms with Crippen molar-refractivity contribution in [2.24, 2.45) is 32.5 Å². The van der Waals surface area contributed by atoms with E-state index in [1.807, 2.05) is 0 Å². The Labute approximate surface area is 97.0 Å². The molecule has 0 unspecified atom stereocenters. The van der Waals surface area contributed by atoms with Gasteiger partial charge in [0, 0.05) is 13.1 Å². The van der Waals surface area contributed by atoms with Gasteiger partial charge in [0.2, 0.25) is 0 Å². The molecule has 0 aromatic rings. The summed E-state index contributed by atoms with van der Waals surface area (Å²) < 4.78 is 0. The van der Waals surface area contributed by atoms with Crippen LogP contribution in [0.3, 0.4) is 0 Å². The third-order valence-electron chi connectivity index (χ3n) is 3.07. The van der Waals surface area contributed by atoms with Crippen LogP contribution >= 0.6 is 0 Å². The molecule has 0 bridgehead atoms. The van der Waals surface area contributed by atoms with Gasteiger partial charge in [-0.3, -0.25) is 10.9 Å². The molecule has 0 aromatic heterocycles. The lowest BCUT2D eigenvalue weighted by atomic mass is 9.82. The fraction of sp³-hybridized carbons (Fsp3) is 1.00. The summed E-state index contributed by atoms with van der Waals surface area (Å²) in [6.45, 7) is 1.90. The van der Waals surface area contributed by atoms with Crippen LogP contribution in [0.25, 0.3) is 0 Å². The molecule has 0 radical (unpaired) electrons. The van der Waals surface area contributed by atoms with E-state index in [1.54, 1.807) is 14.1 Å². The Balaban J connectivity index is 2.08. The summed E-state index contributed by atoms with van der Waals surface area (Å²) in [5, 5.41) is 14.9. The molecule has 1 fully saturated rings. The predicted molar refractivity (Wildman–Crippen MR) is 63.0 cm³/mol. The van der Waals surface area contributed by atoms with E-state index >= 15 is 0 Å². The summed E-state index contributed by atoms with van der Waals surface area (Å²) in [5.74, 6) is 1.49. The highest BCUT2D eigenvalue weighted by atomic mass is 15.4. The van der Waals surface area contributed by atoms with E-state index in [2.05, 4.69) is 31.5 Å². The first-order valence-electron chi connectivity index (χ1n) is 5.90. The van der Waals surface area contributed by atoms with Crippen molar-refractivity contribution < 1.29 is 0 Å². The summed E-state index contributed by atoms with van der Waals surface area (Å²) in [6.07, 6.45) is 5.06. The molecule has 0 heterocycles. The Morgan fingerprint density at radius 2 is 1.19 bits per heavy atom. The maximum Gasteiger partial charge on any atom is 0.0509 e. The van der Waals surface area contributed by atoms with E-state index in [0.29, 0.717) is 0 Å². The second-order valence-corrected chi connectivity index (χ2v) is 4.21. The average molecular weight is 226 g/mol. The van der Waals surface area contributed by atoms with Crippen LogP contribution in [-0.2, 0) is 0 Å². The van der Waals surface area contributed by atoms with Crippen LogP contribution in [0.15, 0.2) is 20.7 Å². The van der Waals surface area contributed by atoms with Crippen LogP contribution in [0.5, 0.6) is 0 Å². The van der Waals surface area contributed by atoms with Crippen molar-refractivity contribution in [3.63, 3.8) is 0 Å². The van der Waals surface area contributed by atoms with Gasteiger partial charge in [-0.15, -0.1) is 0 Å². The van der Waals surface area contributed by atoms with Gasteiger partial charge < -0.3 is 0 Å². The molecule has 1 rings (SSSR count). The number of hydrogen-bond acceptors (Lipinski definition) is 4. The Bertz CT molecular complexity index is 195. The van der Waals surface area contributed by atoms with Gasteiger partial charge in [-0.2, -0.15) is 10.2 Å². The summed E-state index contributed by atoms with van der Waals surface area (Å²) in [4.78, 5) is 0. The minimum atomic E-state index is 0.745. The molecule has 2 N–H and O–H groups in total. The molecule has 16 heavy (non-hydrogen) atoms. The van der Waals surface area contributed by atoms with Crippen LogP contribution in [0.1, 0.15) is 25.7 Å². The van der Waals surface area contributed by atoms with Crippen LogP contribution in [0.4, 0.5) is 0 Å². The molecule has 0 spiro atoms. The SMILES string of the molecule is CN=NNCC1CCC(CNN=NC)CC1. The van der Waals surface area contributed by atoms with E-state index in [-0.39, 0.29) is 0 Å². The van der Waals surface area contributed by atoms with Gasteiger partial charge >= 0.3 is 0 Å². The van der Waals surface area contributed by atoms with E-state index in [9.17, 15) is 0 Å². The van der Waals surface area contributed by atoms with Gasteiger partial charge in [-0.05, 0) is 37.5 Å². The molecule has 0 atom stereocenters. The molecule has 1 saturated carbocycles. The maximum atomic E-state index is 3.78. The first-order chi connectivity index (χ1) is 7.86. The van der Waals surface area contributed by atoms with Crippen molar-refractivity contribution in [2.45, 2.75) is 25.7 Å². The van der Waals surface area contributed by atoms with Gasteiger partial charge in [-0.1, -0.05) is 10.4 Å². The van der Waals surface area contributed by atoms with E-state index in [4.69, 9.17) is 0 Å². The third kappa shape index (κ3) is 5.04. The first kappa shape index (κ1) is 12.9. The topological polar surface area (TPSA) is 73.5 Å². The van der Waals surface area contributed by atoms with Gasteiger partial charge in [0.15, 0.2) is 0 Å². The first-order valence-corrected chi connectivity index (χ1v) is 5.90. The van der Waals surface area contributed by atoms with Crippen molar-refractivity contribution >= 4 is 0 Å². The fourth-order valence-electron chi connectivity index (χ4n) is 2.12. The lowest BCUT2D eigenvalue weighted by Crippen LogP contribution is -2.27. The van der Waals surface area contributed by atoms with Crippen molar-refractivity contribution in [3.8, 4) is 0 Å². The lowest BCUT2D eigenvalue weighted by molar-refractivity contribution is 0.261. The summed E-state index contributed by atoms with van der Waals surface area (Å²) in [5.41, 5.74) is 5.96. The molecule has 0 saturated heterocycles. The Kier molecular flexibility index (Phi) is 6.44. The summed E-state index contributed by atoms with van der Waals surface area (Å²) in [6, 6.07) is 0. The van der Waals surface area contributed by atoms with E-state index in [1.165, 1.54) is 25.7 Å². The highest BCUT2D eigenvalue weighted by Crippen LogP contribution is 2.27. The third-order valence-corrected chi connectivity index (χ3v) is 3.07. The fourth-order valence-corrected chi connectivity index (χ4v) is 2.12. The van der Waals surface area contributed by atoms with Crippen LogP contribution in [0, 0.1) is 11.8 Å². The van der Waals surface area contributed by atoms with Crippen molar-refractivity contribution in [3.05, 3.63) is 0 Å². The second-order valence-electron chi connectivity index (χ2n) is 4.21. The van der Waals surface area contributed by atoms with E-state index in [0.717, 1.165) is 24.9 Å². The molecular formula is C10H22N6. The Morgan fingerprint density at radius 1 is 0.812 bits per heavy atom. The molecule has 6 heteroatoms. The zero-order valence-corrected chi connectivity index (χ0v) is 10.2. The highest BCUT2D eigenvalue weighted by Gasteiger charge is 2.20. The predicted octanol–water partition coefficient (Wildman–Crippen LogP) is 1.97. The van der Waals surface area contributed by atoms with Crippen LogP contribution < -0.4 is 10.9 Å². The van der Waals surface area contributed by atoms with Crippen molar-refractivity contribution in [2.75, 3.05) is 27.2 Å². The van der Waals surface area contributed by atoms with Gasteiger partial charge in [-0.25, -0.2) is 0 Å². The zero-order valence-electron chi connectivity index (χ0n) is 10.2. The quantitative estimate of drug-likeness (QED) is 0.536. The van der Waals surface area contributed by atoms with Crippen LogP contribution in [-0.4, -0.2) is 27.2 Å². The molecule has 1 aliphatic rings. The Hall–Kier alpha value is -1.20.